The smallest absolute Gasteiger partial charge is 0.245 e. The van der Waals surface area contributed by atoms with Crippen LogP contribution in [-0.4, -0.2) is 57.7 Å². The van der Waals surface area contributed by atoms with Crippen molar-refractivity contribution < 1.29 is 9.47 Å². The predicted molar refractivity (Wildman–Crippen MR) is 97.0 cm³/mol. The van der Waals surface area contributed by atoms with E-state index in [1.807, 2.05) is 4.68 Å². The fourth-order valence-electron chi connectivity index (χ4n) is 4.65. The van der Waals surface area contributed by atoms with Crippen LogP contribution in [0.15, 0.2) is 0 Å². The largest absolute Gasteiger partial charge is 0.378 e. The molecule has 0 amide bonds. The molecule has 144 valence electrons. The standard InChI is InChI=1S/C19H31N5O2/c1-8-19(9-1)10-4-17(26-19)7-13-24-18(20-21-22-24)23-11-5-16(6-12-23)25-14-15-2-3-15/h15-17H,1-14H2. The molecule has 1 aromatic rings. The lowest BCUT2D eigenvalue weighted by molar-refractivity contribution is -0.0934. The Kier molecular flexibility index (Phi) is 4.61. The first kappa shape index (κ1) is 16.9. The first-order valence-corrected chi connectivity index (χ1v) is 10.6. The molecule has 3 heterocycles. The first-order chi connectivity index (χ1) is 12.8. The van der Waals surface area contributed by atoms with Gasteiger partial charge in [-0.3, -0.25) is 0 Å². The topological polar surface area (TPSA) is 65.3 Å². The lowest BCUT2D eigenvalue weighted by atomic mass is 9.78. The Labute approximate surface area is 155 Å². The van der Waals surface area contributed by atoms with Crippen LogP contribution in [0.1, 0.15) is 64.2 Å². The van der Waals surface area contributed by atoms with E-state index < -0.39 is 0 Å². The summed E-state index contributed by atoms with van der Waals surface area (Å²) in [5, 5.41) is 12.5. The average molecular weight is 361 g/mol. The molecule has 0 N–H and O–H groups in total. The normalized spacial score (nSPS) is 28.6. The molecule has 2 saturated carbocycles. The van der Waals surface area contributed by atoms with Crippen LogP contribution in [0.5, 0.6) is 0 Å². The quantitative estimate of drug-likeness (QED) is 0.744. The number of aryl methyl sites for hydroxylation is 1. The van der Waals surface area contributed by atoms with Gasteiger partial charge >= 0.3 is 0 Å². The summed E-state index contributed by atoms with van der Waals surface area (Å²) in [5.74, 6) is 1.76. The van der Waals surface area contributed by atoms with Gasteiger partial charge in [0.1, 0.15) is 0 Å². The van der Waals surface area contributed by atoms with Gasteiger partial charge in [0.25, 0.3) is 0 Å². The van der Waals surface area contributed by atoms with Crippen LogP contribution in [0.3, 0.4) is 0 Å². The molecule has 4 aliphatic rings. The van der Waals surface area contributed by atoms with Crippen LogP contribution < -0.4 is 4.90 Å². The second-order valence-corrected chi connectivity index (χ2v) is 8.77. The van der Waals surface area contributed by atoms with E-state index in [0.29, 0.717) is 12.2 Å². The Morgan fingerprint density at radius 3 is 2.62 bits per heavy atom. The summed E-state index contributed by atoms with van der Waals surface area (Å²) in [6.07, 6.45) is 13.0. The zero-order valence-electron chi connectivity index (χ0n) is 15.7. The van der Waals surface area contributed by atoms with Crippen molar-refractivity contribution in [2.45, 2.75) is 88.6 Å². The molecule has 0 radical (unpaired) electrons. The van der Waals surface area contributed by atoms with E-state index in [1.165, 1.54) is 44.9 Å². The molecular weight excluding hydrogens is 330 g/mol. The monoisotopic (exact) mass is 361 g/mol. The fraction of sp³-hybridized carbons (Fsp3) is 0.947. The summed E-state index contributed by atoms with van der Waals surface area (Å²) >= 11 is 0. The predicted octanol–water partition coefficient (Wildman–Crippen LogP) is 2.56. The molecule has 0 bridgehead atoms. The third-order valence-electron chi connectivity index (χ3n) is 6.77. The van der Waals surface area contributed by atoms with Crippen LogP contribution in [-0.2, 0) is 16.0 Å². The van der Waals surface area contributed by atoms with Gasteiger partial charge in [0.2, 0.25) is 5.95 Å². The van der Waals surface area contributed by atoms with Gasteiger partial charge in [-0.05, 0) is 80.6 Å². The number of aromatic nitrogens is 4. The van der Waals surface area contributed by atoms with E-state index in [4.69, 9.17) is 9.47 Å². The van der Waals surface area contributed by atoms with E-state index in [9.17, 15) is 0 Å². The molecule has 26 heavy (non-hydrogen) atoms. The minimum Gasteiger partial charge on any atom is -0.378 e. The number of anilines is 1. The van der Waals surface area contributed by atoms with Crippen molar-refractivity contribution in [2.75, 3.05) is 24.6 Å². The van der Waals surface area contributed by atoms with Crippen LogP contribution >= 0.6 is 0 Å². The maximum absolute atomic E-state index is 6.32. The van der Waals surface area contributed by atoms with Gasteiger partial charge < -0.3 is 14.4 Å². The van der Waals surface area contributed by atoms with Crippen LogP contribution in [0.2, 0.25) is 0 Å². The van der Waals surface area contributed by atoms with Crippen molar-refractivity contribution in [2.24, 2.45) is 5.92 Å². The molecule has 2 aliphatic carbocycles. The van der Waals surface area contributed by atoms with Crippen molar-refractivity contribution >= 4 is 5.95 Å². The van der Waals surface area contributed by atoms with Crippen LogP contribution in [0.4, 0.5) is 5.95 Å². The van der Waals surface area contributed by atoms with Gasteiger partial charge in [-0.2, -0.15) is 0 Å². The summed E-state index contributed by atoms with van der Waals surface area (Å²) < 4.78 is 14.3. The van der Waals surface area contributed by atoms with Crippen molar-refractivity contribution in [3.05, 3.63) is 0 Å². The minimum atomic E-state index is 0.246. The third-order valence-corrected chi connectivity index (χ3v) is 6.77. The SMILES string of the molecule is C1CC2(C1)CCC(CCn1nnnc1N1CCC(OCC3CC3)CC1)O2. The molecule has 1 spiro atoms. The fourth-order valence-corrected chi connectivity index (χ4v) is 4.65. The second kappa shape index (κ2) is 7.08. The number of tetrazole rings is 1. The number of hydrogen-bond donors (Lipinski definition) is 0. The van der Waals surface area contributed by atoms with E-state index in [0.717, 1.165) is 57.4 Å². The van der Waals surface area contributed by atoms with E-state index >= 15 is 0 Å². The molecule has 7 nitrogen and oxygen atoms in total. The molecule has 1 atom stereocenters. The van der Waals surface area contributed by atoms with Gasteiger partial charge in [0.05, 0.1) is 17.8 Å². The third kappa shape index (κ3) is 3.60. The van der Waals surface area contributed by atoms with Gasteiger partial charge in [-0.1, -0.05) is 5.10 Å². The highest BCUT2D eigenvalue weighted by atomic mass is 16.5. The molecule has 1 unspecified atom stereocenters. The molecule has 1 aromatic heterocycles. The Hall–Kier alpha value is -1.21. The number of nitrogens with zero attached hydrogens (tertiary/aromatic N) is 5. The van der Waals surface area contributed by atoms with E-state index in [1.54, 1.807) is 0 Å². The molecule has 4 fully saturated rings. The average Bonchev–Trinajstić information content (AvgIpc) is 3.17. The van der Waals surface area contributed by atoms with Crippen molar-refractivity contribution in [1.82, 2.24) is 20.2 Å². The lowest BCUT2D eigenvalue weighted by Gasteiger charge is -2.38. The van der Waals surface area contributed by atoms with Crippen LogP contribution in [0.25, 0.3) is 0 Å². The number of rotatable bonds is 7. The molecule has 2 aliphatic heterocycles. The Balaban J connectivity index is 1.10. The molecule has 5 rings (SSSR count). The van der Waals surface area contributed by atoms with Crippen molar-refractivity contribution in [3.8, 4) is 0 Å². The van der Waals surface area contributed by atoms with E-state index in [-0.39, 0.29) is 5.60 Å². The van der Waals surface area contributed by atoms with Crippen molar-refractivity contribution in [3.63, 3.8) is 0 Å². The highest BCUT2D eigenvalue weighted by Gasteiger charge is 2.44. The Bertz CT molecular complexity index is 605. The highest BCUT2D eigenvalue weighted by molar-refractivity contribution is 5.28. The molecule has 2 saturated heterocycles. The molecule has 0 aromatic carbocycles. The number of ether oxygens (including phenoxy) is 2. The summed E-state index contributed by atoms with van der Waals surface area (Å²) in [6, 6.07) is 0. The Morgan fingerprint density at radius 2 is 1.92 bits per heavy atom. The Morgan fingerprint density at radius 1 is 1.08 bits per heavy atom. The molecular formula is C19H31N5O2. The van der Waals surface area contributed by atoms with Gasteiger partial charge in [0, 0.05) is 26.2 Å². The molecule has 7 heteroatoms. The van der Waals surface area contributed by atoms with Gasteiger partial charge in [0.15, 0.2) is 0 Å². The zero-order valence-corrected chi connectivity index (χ0v) is 15.7. The highest BCUT2D eigenvalue weighted by Crippen LogP contribution is 2.46. The second-order valence-electron chi connectivity index (χ2n) is 8.77. The number of hydrogen-bond acceptors (Lipinski definition) is 6. The summed E-state index contributed by atoms with van der Waals surface area (Å²) in [5.41, 5.74) is 0.246. The van der Waals surface area contributed by atoms with Gasteiger partial charge in [-0.25, -0.2) is 4.68 Å². The minimum absolute atomic E-state index is 0.246. The maximum atomic E-state index is 6.32. The zero-order chi connectivity index (χ0) is 17.4. The van der Waals surface area contributed by atoms with Gasteiger partial charge in [-0.15, -0.1) is 0 Å². The number of piperidine rings is 1. The summed E-state index contributed by atoms with van der Waals surface area (Å²) in [4.78, 5) is 2.32. The van der Waals surface area contributed by atoms with Crippen molar-refractivity contribution in [1.29, 1.82) is 0 Å². The first-order valence-electron chi connectivity index (χ1n) is 10.6. The lowest BCUT2D eigenvalue weighted by Crippen LogP contribution is -2.39. The van der Waals surface area contributed by atoms with Crippen LogP contribution in [0, 0.1) is 5.92 Å². The van der Waals surface area contributed by atoms with E-state index in [2.05, 4.69) is 20.4 Å². The summed E-state index contributed by atoms with van der Waals surface area (Å²) in [7, 11) is 0. The summed E-state index contributed by atoms with van der Waals surface area (Å²) in [6.45, 7) is 3.78. The maximum Gasteiger partial charge on any atom is 0.245 e.